The molecule has 8 nitrogen and oxygen atoms in total. The first kappa shape index (κ1) is 27.1. The SMILES string of the molecule is CC(C)(CNC(=O)CO/N=C1/C=C2CC[C@@H]3C(CC[C@@]4(C)C3CC[C@]4(C)O)[C@@]2(C)CC1)C(O)C(=O)O. The number of carboxylic acids is 1. The monoisotopic (exact) mass is 504 g/mol. The van der Waals surface area contributed by atoms with E-state index < -0.39 is 29.0 Å². The van der Waals surface area contributed by atoms with Crippen LogP contribution in [0, 0.1) is 34.0 Å². The summed E-state index contributed by atoms with van der Waals surface area (Å²) in [6.45, 7) is 9.71. The summed E-state index contributed by atoms with van der Waals surface area (Å²) in [5.74, 6) is 0.185. The van der Waals surface area contributed by atoms with E-state index in [1.165, 1.54) is 5.57 Å². The van der Waals surface area contributed by atoms with E-state index in [-0.39, 0.29) is 24.0 Å². The van der Waals surface area contributed by atoms with Crippen molar-refractivity contribution in [3.05, 3.63) is 11.6 Å². The highest BCUT2D eigenvalue weighted by Crippen LogP contribution is 2.67. The lowest BCUT2D eigenvalue weighted by Crippen LogP contribution is -2.53. The van der Waals surface area contributed by atoms with Crippen LogP contribution in [-0.4, -0.2) is 57.8 Å². The highest BCUT2D eigenvalue weighted by atomic mass is 16.6. The smallest absolute Gasteiger partial charge is 0.333 e. The second-order valence-electron chi connectivity index (χ2n) is 13.1. The largest absolute Gasteiger partial charge is 0.479 e. The number of carbonyl (C=O) groups excluding carboxylic acids is 1. The Bertz CT molecular complexity index is 956. The van der Waals surface area contributed by atoms with Crippen molar-refractivity contribution in [2.24, 2.45) is 39.2 Å². The van der Waals surface area contributed by atoms with Crippen LogP contribution >= 0.6 is 0 Å². The van der Waals surface area contributed by atoms with Crippen LogP contribution in [-0.2, 0) is 14.4 Å². The van der Waals surface area contributed by atoms with E-state index in [0.29, 0.717) is 17.8 Å². The molecule has 202 valence electrons. The average Bonchev–Trinajstić information content (AvgIpc) is 3.06. The molecule has 3 saturated carbocycles. The molecule has 4 rings (SSSR count). The maximum Gasteiger partial charge on any atom is 0.333 e. The molecule has 0 aromatic heterocycles. The molecule has 0 heterocycles. The van der Waals surface area contributed by atoms with Gasteiger partial charge in [-0.3, -0.25) is 4.79 Å². The molecule has 36 heavy (non-hydrogen) atoms. The Morgan fingerprint density at radius 3 is 2.53 bits per heavy atom. The molecule has 3 unspecified atom stereocenters. The minimum absolute atomic E-state index is 0.0136. The Labute approximate surface area is 214 Å². The van der Waals surface area contributed by atoms with Gasteiger partial charge < -0.3 is 25.5 Å². The number of fused-ring (bicyclic) bond motifs is 5. The van der Waals surface area contributed by atoms with E-state index in [0.717, 1.165) is 57.1 Å². The first-order valence-corrected chi connectivity index (χ1v) is 13.5. The predicted octanol–water partition coefficient (Wildman–Crippen LogP) is 3.66. The topological polar surface area (TPSA) is 128 Å². The normalized spacial score (nSPS) is 39.9. The average molecular weight is 505 g/mol. The van der Waals surface area contributed by atoms with Gasteiger partial charge in [-0.15, -0.1) is 0 Å². The van der Waals surface area contributed by atoms with Gasteiger partial charge in [0.05, 0.1) is 11.3 Å². The van der Waals surface area contributed by atoms with Crippen molar-refractivity contribution in [1.82, 2.24) is 5.32 Å². The number of oxime groups is 1. The molecule has 0 saturated heterocycles. The highest BCUT2D eigenvalue weighted by molar-refractivity contribution is 5.96. The van der Waals surface area contributed by atoms with Gasteiger partial charge in [-0.25, -0.2) is 4.79 Å². The number of nitrogens with zero attached hydrogens (tertiary/aromatic N) is 1. The van der Waals surface area contributed by atoms with Crippen LogP contribution < -0.4 is 5.32 Å². The second kappa shape index (κ2) is 9.43. The molecule has 4 aliphatic carbocycles. The zero-order chi connectivity index (χ0) is 26.5. The van der Waals surface area contributed by atoms with Gasteiger partial charge in [0.2, 0.25) is 0 Å². The van der Waals surface area contributed by atoms with Crippen LogP contribution in [0.15, 0.2) is 16.8 Å². The van der Waals surface area contributed by atoms with Crippen LogP contribution in [0.5, 0.6) is 0 Å². The molecule has 1 amide bonds. The van der Waals surface area contributed by atoms with Gasteiger partial charge >= 0.3 is 5.97 Å². The number of aliphatic carboxylic acids is 1. The van der Waals surface area contributed by atoms with Crippen LogP contribution in [0.4, 0.5) is 0 Å². The molecule has 7 atom stereocenters. The number of aliphatic hydroxyl groups excluding tert-OH is 1. The van der Waals surface area contributed by atoms with Crippen LogP contribution in [0.3, 0.4) is 0 Å². The standard InChI is InChI=1S/C28H44N2O6/c1-25(2,23(32)24(33)34)16-29-22(31)15-36-30-18-8-11-26(3)17(14-18)6-7-19-20(26)9-12-27(4)21(19)10-13-28(27,5)35/h14,19-21,23,32,35H,6-13,15-16H2,1-5H3,(H,29,31)(H,33,34)/b30-18+/t19-,20?,21?,23?,26+,27+,28+/m1/s1. The molecule has 8 heteroatoms. The van der Waals surface area contributed by atoms with E-state index >= 15 is 0 Å². The molecule has 0 aliphatic heterocycles. The fourth-order valence-electron chi connectivity index (χ4n) is 7.87. The second-order valence-corrected chi connectivity index (χ2v) is 13.1. The highest BCUT2D eigenvalue weighted by Gasteiger charge is 2.62. The van der Waals surface area contributed by atoms with Crippen LogP contribution in [0.2, 0.25) is 0 Å². The van der Waals surface area contributed by atoms with Crippen molar-refractivity contribution in [2.45, 2.75) is 97.7 Å². The Morgan fingerprint density at radius 1 is 1.14 bits per heavy atom. The molecular formula is C28H44N2O6. The van der Waals surface area contributed by atoms with Gasteiger partial charge in [0.25, 0.3) is 5.91 Å². The van der Waals surface area contributed by atoms with Crippen LogP contribution in [0.1, 0.15) is 86.0 Å². The lowest BCUT2D eigenvalue weighted by molar-refractivity contribution is -0.153. The number of aliphatic hydroxyl groups is 2. The third kappa shape index (κ3) is 4.60. The Balaban J connectivity index is 1.35. The third-order valence-corrected chi connectivity index (χ3v) is 10.6. The van der Waals surface area contributed by atoms with E-state index in [4.69, 9.17) is 9.94 Å². The van der Waals surface area contributed by atoms with E-state index in [1.54, 1.807) is 13.8 Å². The molecule has 3 fully saturated rings. The number of carboxylic acid groups (broad SMARTS) is 1. The maximum atomic E-state index is 12.2. The molecule has 0 radical (unpaired) electrons. The van der Waals surface area contributed by atoms with Crippen molar-refractivity contribution >= 4 is 17.6 Å². The van der Waals surface area contributed by atoms with Crippen molar-refractivity contribution in [3.8, 4) is 0 Å². The molecule has 0 aromatic carbocycles. The summed E-state index contributed by atoms with van der Waals surface area (Å²) < 4.78 is 0. The summed E-state index contributed by atoms with van der Waals surface area (Å²) in [5.41, 5.74) is 0.935. The number of amides is 1. The summed E-state index contributed by atoms with van der Waals surface area (Å²) in [5, 5.41) is 36.7. The van der Waals surface area contributed by atoms with Gasteiger partial charge in [-0.2, -0.15) is 0 Å². The number of allylic oxidation sites excluding steroid dienone is 2. The number of nitrogens with one attached hydrogen (secondary N) is 1. The molecule has 0 bridgehead atoms. The molecule has 0 spiro atoms. The summed E-state index contributed by atoms with van der Waals surface area (Å²) >= 11 is 0. The van der Waals surface area contributed by atoms with E-state index in [1.807, 2.05) is 6.92 Å². The minimum atomic E-state index is -1.57. The minimum Gasteiger partial charge on any atom is -0.479 e. The third-order valence-electron chi connectivity index (χ3n) is 10.6. The first-order valence-electron chi connectivity index (χ1n) is 13.5. The number of rotatable bonds is 7. The quantitative estimate of drug-likeness (QED) is 0.392. The lowest BCUT2D eigenvalue weighted by atomic mass is 9.46. The summed E-state index contributed by atoms with van der Waals surface area (Å²) in [6.07, 6.45) is 8.96. The zero-order valence-electron chi connectivity index (χ0n) is 22.5. The maximum absolute atomic E-state index is 12.2. The van der Waals surface area contributed by atoms with Crippen molar-refractivity contribution < 1.29 is 29.7 Å². The van der Waals surface area contributed by atoms with E-state index in [2.05, 4.69) is 30.4 Å². The molecule has 4 N–H and O–H groups in total. The zero-order valence-corrected chi connectivity index (χ0v) is 22.5. The Kier molecular flexibility index (Phi) is 7.10. The van der Waals surface area contributed by atoms with Crippen molar-refractivity contribution in [2.75, 3.05) is 13.2 Å². The summed E-state index contributed by atoms with van der Waals surface area (Å²) in [6, 6.07) is 0. The lowest BCUT2D eigenvalue weighted by Gasteiger charge is -2.59. The Hall–Kier alpha value is -1.93. The van der Waals surface area contributed by atoms with Gasteiger partial charge in [0.15, 0.2) is 12.7 Å². The number of hydrogen-bond acceptors (Lipinski definition) is 6. The van der Waals surface area contributed by atoms with E-state index in [9.17, 15) is 19.8 Å². The van der Waals surface area contributed by atoms with Gasteiger partial charge in [0, 0.05) is 12.0 Å². The number of carbonyl (C=O) groups is 2. The summed E-state index contributed by atoms with van der Waals surface area (Å²) in [7, 11) is 0. The van der Waals surface area contributed by atoms with Crippen LogP contribution in [0.25, 0.3) is 0 Å². The summed E-state index contributed by atoms with van der Waals surface area (Å²) in [4.78, 5) is 28.5. The molecule has 0 aromatic rings. The first-order chi connectivity index (χ1) is 16.7. The fourth-order valence-corrected chi connectivity index (χ4v) is 7.87. The van der Waals surface area contributed by atoms with Crippen molar-refractivity contribution in [1.29, 1.82) is 0 Å². The molecule has 4 aliphatic rings. The van der Waals surface area contributed by atoms with Gasteiger partial charge in [-0.1, -0.05) is 38.4 Å². The number of hydrogen-bond donors (Lipinski definition) is 4. The molecular weight excluding hydrogens is 460 g/mol. The van der Waals surface area contributed by atoms with Gasteiger partial charge in [-0.05, 0) is 93.0 Å². The van der Waals surface area contributed by atoms with Crippen molar-refractivity contribution in [3.63, 3.8) is 0 Å². The Morgan fingerprint density at radius 2 is 1.83 bits per heavy atom. The predicted molar refractivity (Wildman–Crippen MR) is 136 cm³/mol. The fraction of sp³-hybridized carbons (Fsp3) is 0.821. The van der Waals surface area contributed by atoms with Gasteiger partial charge in [0.1, 0.15) is 0 Å².